The number of carboxylic acid groups (broad SMARTS) is 1. The third-order valence-electron chi connectivity index (χ3n) is 4.11. The molecule has 1 aromatic rings. The lowest BCUT2D eigenvalue weighted by Gasteiger charge is -2.38. The topological polar surface area (TPSA) is 78.4 Å². The number of carboxylic acids is 1. The minimum atomic E-state index is -0.714. The molecular weight excluding hydrogens is 246 g/mol. The van der Waals surface area contributed by atoms with E-state index in [4.69, 9.17) is 9.84 Å². The van der Waals surface area contributed by atoms with Crippen molar-refractivity contribution in [1.82, 2.24) is 15.1 Å². The van der Waals surface area contributed by atoms with Crippen LogP contribution in [0, 0.1) is 5.92 Å². The Kier molecular flexibility index (Phi) is 3.52. The van der Waals surface area contributed by atoms with Crippen molar-refractivity contribution in [2.24, 2.45) is 5.92 Å². The first-order valence-electron chi connectivity index (χ1n) is 6.79. The summed E-state index contributed by atoms with van der Waals surface area (Å²) in [5.74, 6) is -0.521. The van der Waals surface area contributed by atoms with Crippen LogP contribution < -0.4 is 0 Å². The van der Waals surface area contributed by atoms with Crippen molar-refractivity contribution in [3.63, 3.8) is 0 Å². The molecule has 2 heterocycles. The molecule has 6 heteroatoms. The van der Waals surface area contributed by atoms with Crippen molar-refractivity contribution in [1.29, 1.82) is 0 Å². The Bertz CT molecular complexity index is 454. The van der Waals surface area contributed by atoms with Gasteiger partial charge in [-0.3, -0.25) is 14.8 Å². The molecule has 0 spiro atoms. The molecule has 0 radical (unpaired) electrons. The number of nitrogens with zero attached hydrogens (tertiary/aromatic N) is 2. The van der Waals surface area contributed by atoms with E-state index < -0.39 is 5.97 Å². The van der Waals surface area contributed by atoms with E-state index in [1.165, 1.54) is 5.56 Å². The fraction of sp³-hybridized carbons (Fsp3) is 0.692. The number of hydrogen-bond acceptors (Lipinski definition) is 4. The fourth-order valence-electron chi connectivity index (χ4n) is 3.22. The predicted molar refractivity (Wildman–Crippen MR) is 67.8 cm³/mol. The first-order chi connectivity index (χ1) is 9.24. The average molecular weight is 265 g/mol. The normalized spacial score (nSPS) is 28.0. The van der Waals surface area contributed by atoms with Gasteiger partial charge in [0.05, 0.1) is 19.4 Å². The van der Waals surface area contributed by atoms with E-state index >= 15 is 0 Å². The van der Waals surface area contributed by atoms with Crippen molar-refractivity contribution in [3.05, 3.63) is 17.5 Å². The Hall–Kier alpha value is -1.40. The number of carbonyl (C=O) groups is 1. The van der Waals surface area contributed by atoms with Crippen LogP contribution >= 0.6 is 0 Å². The molecule has 2 aliphatic rings. The van der Waals surface area contributed by atoms with Crippen LogP contribution in [0.15, 0.2) is 6.20 Å². The molecule has 2 unspecified atom stereocenters. The van der Waals surface area contributed by atoms with Gasteiger partial charge in [-0.15, -0.1) is 0 Å². The van der Waals surface area contributed by atoms with Crippen LogP contribution in [-0.4, -0.2) is 52.5 Å². The number of H-pyrrole nitrogens is 1. The highest BCUT2D eigenvalue weighted by Gasteiger charge is 2.33. The summed E-state index contributed by atoms with van der Waals surface area (Å²) in [7, 11) is 0. The smallest absolute Gasteiger partial charge is 0.303 e. The van der Waals surface area contributed by atoms with E-state index in [0.717, 1.165) is 44.8 Å². The van der Waals surface area contributed by atoms with Gasteiger partial charge in [0.1, 0.15) is 0 Å². The van der Waals surface area contributed by atoms with E-state index in [2.05, 4.69) is 15.1 Å². The lowest BCUT2D eigenvalue weighted by molar-refractivity contribution is -0.138. The molecule has 0 saturated carbocycles. The zero-order valence-electron chi connectivity index (χ0n) is 10.8. The minimum Gasteiger partial charge on any atom is -0.481 e. The Labute approximate surface area is 111 Å². The summed E-state index contributed by atoms with van der Waals surface area (Å²) in [5, 5.41) is 16.2. The highest BCUT2D eigenvalue weighted by Crippen LogP contribution is 2.37. The number of morpholine rings is 1. The number of nitrogens with one attached hydrogen (secondary N) is 1. The van der Waals surface area contributed by atoms with E-state index in [1.54, 1.807) is 0 Å². The summed E-state index contributed by atoms with van der Waals surface area (Å²) in [6.07, 6.45) is 3.83. The van der Waals surface area contributed by atoms with Gasteiger partial charge in [0.25, 0.3) is 0 Å². The molecule has 1 aliphatic heterocycles. The SMILES string of the molecule is O=C(O)CC1Cc2[nH]ncc2C(N2CCOCC2)C1. The van der Waals surface area contributed by atoms with Gasteiger partial charge in [-0.25, -0.2) is 0 Å². The summed E-state index contributed by atoms with van der Waals surface area (Å²) in [6.45, 7) is 3.34. The Morgan fingerprint density at radius 1 is 1.53 bits per heavy atom. The molecule has 3 rings (SSSR count). The summed E-state index contributed by atoms with van der Waals surface area (Å²) < 4.78 is 5.39. The van der Waals surface area contributed by atoms with Crippen LogP contribution in [0.2, 0.25) is 0 Å². The van der Waals surface area contributed by atoms with Crippen LogP contribution in [-0.2, 0) is 16.0 Å². The molecule has 104 valence electrons. The Morgan fingerprint density at radius 2 is 2.32 bits per heavy atom. The molecule has 0 aromatic carbocycles. The molecule has 2 atom stereocenters. The van der Waals surface area contributed by atoms with Crippen molar-refractivity contribution in [2.45, 2.75) is 25.3 Å². The summed E-state index contributed by atoms with van der Waals surface area (Å²) in [6, 6.07) is 0.288. The van der Waals surface area contributed by atoms with Gasteiger partial charge in [0.2, 0.25) is 0 Å². The highest BCUT2D eigenvalue weighted by atomic mass is 16.5. The molecule has 1 saturated heterocycles. The minimum absolute atomic E-state index is 0.193. The van der Waals surface area contributed by atoms with Crippen molar-refractivity contribution in [3.8, 4) is 0 Å². The van der Waals surface area contributed by atoms with E-state index in [9.17, 15) is 4.79 Å². The zero-order chi connectivity index (χ0) is 13.2. The number of aromatic amines is 1. The van der Waals surface area contributed by atoms with E-state index in [-0.39, 0.29) is 18.4 Å². The van der Waals surface area contributed by atoms with E-state index in [0.29, 0.717) is 0 Å². The van der Waals surface area contributed by atoms with Crippen LogP contribution in [0.25, 0.3) is 0 Å². The fourth-order valence-corrected chi connectivity index (χ4v) is 3.22. The first-order valence-corrected chi connectivity index (χ1v) is 6.79. The second-order valence-electron chi connectivity index (χ2n) is 5.37. The molecule has 2 N–H and O–H groups in total. The van der Waals surface area contributed by atoms with Gasteiger partial charge < -0.3 is 9.84 Å². The third-order valence-corrected chi connectivity index (χ3v) is 4.11. The van der Waals surface area contributed by atoms with Gasteiger partial charge >= 0.3 is 5.97 Å². The molecule has 19 heavy (non-hydrogen) atoms. The number of aliphatic carboxylic acids is 1. The summed E-state index contributed by atoms with van der Waals surface area (Å²) in [4.78, 5) is 13.3. The standard InChI is InChI=1S/C13H19N3O3/c17-13(18)7-9-5-11-10(8-14-15-11)12(6-9)16-1-3-19-4-2-16/h8-9,12H,1-7H2,(H,14,15)(H,17,18). The first kappa shape index (κ1) is 12.6. The van der Waals surface area contributed by atoms with Crippen molar-refractivity contribution in [2.75, 3.05) is 26.3 Å². The molecule has 1 fully saturated rings. The van der Waals surface area contributed by atoms with Crippen molar-refractivity contribution >= 4 is 5.97 Å². The van der Waals surface area contributed by atoms with Gasteiger partial charge in [-0.2, -0.15) is 5.10 Å². The van der Waals surface area contributed by atoms with Crippen molar-refractivity contribution < 1.29 is 14.6 Å². The monoisotopic (exact) mass is 265 g/mol. The van der Waals surface area contributed by atoms with Gasteiger partial charge in [-0.05, 0) is 18.8 Å². The number of ether oxygens (including phenoxy) is 1. The summed E-state index contributed by atoms with van der Waals surface area (Å²) >= 11 is 0. The summed E-state index contributed by atoms with van der Waals surface area (Å²) in [5.41, 5.74) is 2.34. The second-order valence-corrected chi connectivity index (χ2v) is 5.37. The largest absolute Gasteiger partial charge is 0.481 e. The highest BCUT2D eigenvalue weighted by molar-refractivity contribution is 5.67. The Morgan fingerprint density at radius 3 is 3.05 bits per heavy atom. The molecule has 0 bridgehead atoms. The maximum absolute atomic E-state index is 10.9. The number of hydrogen-bond donors (Lipinski definition) is 2. The zero-order valence-corrected chi connectivity index (χ0v) is 10.8. The second kappa shape index (κ2) is 5.30. The van der Waals surface area contributed by atoms with Crippen LogP contribution in [0.5, 0.6) is 0 Å². The number of fused-ring (bicyclic) bond motifs is 1. The van der Waals surface area contributed by atoms with Gasteiger partial charge in [0.15, 0.2) is 0 Å². The van der Waals surface area contributed by atoms with Crippen LogP contribution in [0.4, 0.5) is 0 Å². The molecule has 0 amide bonds. The number of rotatable bonds is 3. The predicted octanol–water partition coefficient (Wildman–Crippen LogP) is 0.820. The molecular formula is C13H19N3O3. The Balaban J connectivity index is 1.80. The maximum Gasteiger partial charge on any atom is 0.303 e. The quantitative estimate of drug-likeness (QED) is 0.846. The molecule has 6 nitrogen and oxygen atoms in total. The molecule has 1 aromatic heterocycles. The van der Waals surface area contributed by atoms with E-state index in [1.807, 2.05) is 6.20 Å². The lowest BCUT2D eigenvalue weighted by atomic mass is 9.82. The maximum atomic E-state index is 10.9. The van der Waals surface area contributed by atoms with Crippen LogP contribution in [0.1, 0.15) is 30.1 Å². The molecule has 1 aliphatic carbocycles. The number of aromatic nitrogens is 2. The van der Waals surface area contributed by atoms with Gasteiger partial charge in [-0.1, -0.05) is 0 Å². The third kappa shape index (κ3) is 2.64. The van der Waals surface area contributed by atoms with Crippen LogP contribution in [0.3, 0.4) is 0 Å². The lowest BCUT2D eigenvalue weighted by Crippen LogP contribution is -2.41. The average Bonchev–Trinajstić information content (AvgIpc) is 2.86. The van der Waals surface area contributed by atoms with Gasteiger partial charge in [0, 0.05) is 36.8 Å².